The topological polar surface area (TPSA) is 96.0 Å². The Hall–Kier alpha value is -3.14. The first-order valence-corrected chi connectivity index (χ1v) is 17.2. The molecule has 2 fully saturated rings. The molecule has 5 rings (SSSR count). The summed E-state index contributed by atoms with van der Waals surface area (Å²) in [5, 5.41) is 0. The molecule has 42 heavy (non-hydrogen) atoms. The van der Waals surface area contributed by atoms with Crippen LogP contribution < -0.4 is 4.74 Å². The van der Waals surface area contributed by atoms with E-state index >= 15 is 0 Å². The van der Waals surface area contributed by atoms with E-state index in [1.165, 1.54) is 0 Å². The molecule has 7 nitrogen and oxygen atoms in total. The van der Waals surface area contributed by atoms with Crippen LogP contribution in [0.2, 0.25) is 0 Å². The summed E-state index contributed by atoms with van der Waals surface area (Å²) in [6, 6.07) is 25.2. The second-order valence-corrected chi connectivity index (χ2v) is 17.1. The molecule has 3 aromatic rings. The number of hydrogen-bond donors (Lipinski definition) is 0. The van der Waals surface area contributed by atoms with E-state index in [1.54, 1.807) is 45.0 Å². The summed E-state index contributed by atoms with van der Waals surface area (Å²) in [5.41, 5.74) is -2.12. The molecule has 0 N–H and O–H groups in total. The van der Waals surface area contributed by atoms with Crippen LogP contribution in [0.1, 0.15) is 53.9 Å². The lowest BCUT2D eigenvalue weighted by molar-refractivity contribution is -0.128. The third kappa shape index (κ3) is 5.50. The van der Waals surface area contributed by atoms with Gasteiger partial charge in [0.15, 0.2) is 0 Å². The maximum absolute atomic E-state index is 14.2. The largest absolute Gasteiger partial charge is 0.514 e. The lowest BCUT2D eigenvalue weighted by atomic mass is 9.70. The van der Waals surface area contributed by atoms with Gasteiger partial charge in [0, 0.05) is 21.1 Å². The van der Waals surface area contributed by atoms with E-state index in [-0.39, 0.29) is 23.2 Å². The average molecular weight is 611 g/mol. The van der Waals surface area contributed by atoms with Gasteiger partial charge in [0.1, 0.15) is 17.1 Å². The van der Waals surface area contributed by atoms with Gasteiger partial charge in [-0.1, -0.05) is 50.2 Å². The van der Waals surface area contributed by atoms with Crippen LogP contribution in [0.5, 0.6) is 5.75 Å². The summed E-state index contributed by atoms with van der Waals surface area (Å²) in [4.78, 5) is 27.5. The summed E-state index contributed by atoms with van der Waals surface area (Å²) in [5.74, 6) is 0.0773. The highest BCUT2D eigenvalue weighted by Crippen LogP contribution is 2.71. The minimum Gasteiger partial charge on any atom is -0.428 e. The smallest absolute Gasteiger partial charge is 0.428 e. The van der Waals surface area contributed by atoms with E-state index in [4.69, 9.17) is 13.1 Å². The van der Waals surface area contributed by atoms with E-state index in [0.29, 0.717) is 27.5 Å². The number of ether oxygens (including phenoxy) is 2. The van der Waals surface area contributed by atoms with Crippen LogP contribution in [-0.4, -0.2) is 31.7 Å². The monoisotopic (exact) mass is 610 g/mol. The number of fused-ring (bicyclic) bond motifs is 2. The second kappa shape index (κ2) is 10.8. The molecule has 2 aliphatic rings. The molecule has 2 saturated carbocycles. The molecular weight excluding hydrogens is 572 g/mol. The first-order chi connectivity index (χ1) is 19.7. The van der Waals surface area contributed by atoms with Crippen molar-refractivity contribution in [1.29, 1.82) is 0 Å². The average Bonchev–Trinajstić information content (AvgIpc) is 3.26. The molecule has 3 aromatic carbocycles. The van der Waals surface area contributed by atoms with Crippen molar-refractivity contribution < 1.29 is 31.1 Å². The molecule has 9 heteroatoms. The molecule has 0 spiro atoms. The Morgan fingerprint density at radius 3 is 1.83 bits per heavy atom. The third-order valence-corrected chi connectivity index (χ3v) is 14.0. The number of benzene rings is 3. The van der Waals surface area contributed by atoms with Crippen molar-refractivity contribution in [2.75, 3.05) is 5.75 Å². The fourth-order valence-corrected chi connectivity index (χ4v) is 12.5. The predicted molar refractivity (Wildman–Crippen MR) is 162 cm³/mol. The van der Waals surface area contributed by atoms with Gasteiger partial charge in [-0.15, -0.1) is 0 Å². The van der Waals surface area contributed by atoms with E-state index < -0.39 is 43.0 Å². The van der Waals surface area contributed by atoms with Gasteiger partial charge in [0.05, 0.1) is 11.2 Å². The number of carbonyl (C=O) groups is 2. The van der Waals surface area contributed by atoms with Gasteiger partial charge in [-0.3, -0.25) is 4.79 Å². The molecule has 2 bridgehead atoms. The summed E-state index contributed by atoms with van der Waals surface area (Å²) in [6.45, 7) is 9.28. The van der Waals surface area contributed by atoms with Crippen molar-refractivity contribution in [2.24, 2.45) is 16.7 Å². The highest BCUT2D eigenvalue weighted by Gasteiger charge is 2.65. The Morgan fingerprint density at radius 2 is 1.38 bits per heavy atom. The Kier molecular flexibility index (Phi) is 7.83. The number of Topliss-reactive ketones (excluding diaryl/α,β-unsaturated/α-hetero) is 1. The van der Waals surface area contributed by atoms with E-state index in [1.807, 2.05) is 74.5 Å². The van der Waals surface area contributed by atoms with Crippen LogP contribution in [0.25, 0.3) is 0 Å². The first-order valence-electron chi connectivity index (χ1n) is 14.1. The molecule has 0 heterocycles. The zero-order valence-electron chi connectivity index (χ0n) is 24.7. The summed E-state index contributed by atoms with van der Waals surface area (Å²) in [7, 11) is -7.11. The molecule has 0 saturated heterocycles. The van der Waals surface area contributed by atoms with Crippen molar-refractivity contribution >= 4 is 32.4 Å². The fourth-order valence-electron chi connectivity index (χ4n) is 6.41. The number of rotatable bonds is 8. The normalized spacial score (nSPS) is 22.1. The zero-order valence-corrected chi connectivity index (χ0v) is 26.3. The highest BCUT2D eigenvalue weighted by atomic mass is 32.3. The first kappa shape index (κ1) is 30.3. The quantitative estimate of drug-likeness (QED) is 0.189. The van der Waals surface area contributed by atoms with Crippen molar-refractivity contribution in [1.82, 2.24) is 0 Å². The maximum atomic E-state index is 14.2. The molecule has 2 aliphatic carbocycles. The van der Waals surface area contributed by atoms with Gasteiger partial charge < -0.3 is 9.47 Å². The van der Waals surface area contributed by atoms with Gasteiger partial charge in [-0.05, 0) is 104 Å². The molecule has 0 radical (unpaired) electrons. The Morgan fingerprint density at radius 1 is 0.857 bits per heavy atom. The van der Waals surface area contributed by atoms with Gasteiger partial charge in [-0.25, -0.2) is 8.42 Å². The Balaban J connectivity index is 1.60. The second-order valence-electron chi connectivity index (χ2n) is 12.7. The van der Waals surface area contributed by atoms with Gasteiger partial charge in [-0.2, -0.15) is 8.42 Å². The summed E-state index contributed by atoms with van der Waals surface area (Å²) in [6.07, 6.45) is 0.957. The highest BCUT2D eigenvalue weighted by molar-refractivity contribution is 8.33. The van der Waals surface area contributed by atoms with Crippen LogP contribution >= 0.6 is 10.3 Å². The molecule has 0 aromatic heterocycles. The van der Waals surface area contributed by atoms with E-state index in [9.17, 15) is 18.0 Å². The van der Waals surface area contributed by atoms with Gasteiger partial charge >= 0.3 is 6.16 Å². The van der Waals surface area contributed by atoms with Crippen molar-refractivity contribution in [2.45, 2.75) is 74.2 Å². The summed E-state index contributed by atoms with van der Waals surface area (Å²) >= 11 is 0. The lowest BCUT2D eigenvalue weighted by Crippen LogP contribution is -2.42. The predicted octanol–water partition coefficient (Wildman–Crippen LogP) is 7.94. The minimum atomic E-state index is -4.25. The van der Waals surface area contributed by atoms with E-state index in [0.717, 1.165) is 6.42 Å². The third-order valence-electron chi connectivity index (χ3n) is 8.66. The van der Waals surface area contributed by atoms with E-state index in [2.05, 4.69) is 0 Å². The molecule has 2 unspecified atom stereocenters. The fraction of sp³-hybridized carbons (Fsp3) is 0.394. The number of carbonyl (C=O) groups excluding carboxylic acids is 2. The SMILES string of the molecule is CC(C)(C)OC(=O)Oc1ccc(S(OS(=O)(=O)CC23CCC(CC2=O)C3(C)C)(c2ccccc2)c2ccccc2)cc1. The Bertz CT molecular complexity index is 1520. The van der Waals surface area contributed by atoms with Crippen molar-refractivity contribution in [3.8, 4) is 5.75 Å². The zero-order chi connectivity index (χ0) is 30.4. The van der Waals surface area contributed by atoms with Crippen LogP contribution in [0.15, 0.2) is 99.6 Å². The van der Waals surface area contributed by atoms with Gasteiger partial charge in [0.25, 0.3) is 10.1 Å². The Labute approximate surface area is 250 Å². The van der Waals surface area contributed by atoms with Crippen molar-refractivity contribution in [3.05, 3.63) is 84.9 Å². The van der Waals surface area contributed by atoms with Crippen LogP contribution in [-0.2, 0) is 23.3 Å². The number of ketones is 1. The molecule has 224 valence electrons. The van der Waals surface area contributed by atoms with Gasteiger partial charge in [0.2, 0.25) is 0 Å². The molecule has 2 atom stereocenters. The summed E-state index contributed by atoms with van der Waals surface area (Å²) < 4.78 is 45.6. The standard InChI is InChI=1S/C33H38O7S2/c1-31(2,3)39-30(35)38-25-16-18-28(19-17-25)42(26-12-8-6-9-13-26,27-14-10-7-11-15-27)40-41(36,37)23-33-21-20-24(22-29(33)34)32(33,4)5/h6-19,24H,20-23H2,1-5H3. The van der Waals surface area contributed by atoms with Crippen molar-refractivity contribution in [3.63, 3.8) is 0 Å². The van der Waals surface area contributed by atoms with Crippen LogP contribution in [0, 0.1) is 16.7 Å². The molecule has 0 aliphatic heterocycles. The van der Waals surface area contributed by atoms with Crippen LogP contribution in [0.3, 0.4) is 0 Å². The minimum absolute atomic E-state index is 0.0135. The molecule has 0 amide bonds. The maximum Gasteiger partial charge on any atom is 0.514 e. The lowest BCUT2D eigenvalue weighted by Gasteiger charge is -2.41. The number of hydrogen-bond acceptors (Lipinski definition) is 7. The van der Waals surface area contributed by atoms with Crippen LogP contribution in [0.4, 0.5) is 4.79 Å². The molecular formula is C33H38O7S2.